The largest absolute Gasteiger partial charge is 0.456 e. The molecule has 0 amide bonds. The fourth-order valence-corrected chi connectivity index (χ4v) is 7.88. The molecule has 5 nitrogen and oxygen atoms in total. The van der Waals surface area contributed by atoms with Gasteiger partial charge in [-0.1, -0.05) is 140 Å². The second-order valence-electron chi connectivity index (χ2n) is 13.4. The van der Waals surface area contributed by atoms with Gasteiger partial charge in [-0.05, 0) is 62.3 Å². The van der Waals surface area contributed by atoms with Crippen LogP contribution < -0.4 is 0 Å². The van der Waals surface area contributed by atoms with Crippen LogP contribution in [-0.4, -0.2) is 19.9 Å². The van der Waals surface area contributed by atoms with E-state index in [1.807, 2.05) is 60.8 Å². The van der Waals surface area contributed by atoms with Crippen LogP contribution in [0.5, 0.6) is 0 Å². The van der Waals surface area contributed by atoms with Crippen molar-refractivity contribution in [3.63, 3.8) is 0 Å². The van der Waals surface area contributed by atoms with Crippen molar-refractivity contribution in [3.05, 3.63) is 170 Å². The summed E-state index contributed by atoms with van der Waals surface area (Å²) in [5.74, 6) is 1.86. The van der Waals surface area contributed by atoms with Gasteiger partial charge in [0.05, 0.1) is 5.52 Å². The van der Waals surface area contributed by atoms with Gasteiger partial charge in [0.25, 0.3) is 0 Å². The van der Waals surface area contributed by atoms with Gasteiger partial charge in [-0.25, -0.2) is 15.0 Å². The summed E-state index contributed by atoms with van der Waals surface area (Å²) in [6.07, 6.45) is 1.98. The summed E-state index contributed by atoms with van der Waals surface area (Å²) in [6, 6.07) is 56.6. The van der Waals surface area contributed by atoms with Crippen molar-refractivity contribution in [2.75, 3.05) is 0 Å². The summed E-state index contributed by atoms with van der Waals surface area (Å²) in [7, 11) is 0. The van der Waals surface area contributed by atoms with E-state index in [4.69, 9.17) is 24.4 Å². The number of fused-ring (bicyclic) bond motifs is 9. The lowest BCUT2D eigenvalue weighted by atomic mass is 9.93. The first-order chi connectivity index (χ1) is 26.3. The quantitative estimate of drug-likeness (QED) is 0.174. The highest BCUT2D eigenvalue weighted by Crippen LogP contribution is 2.41. The van der Waals surface area contributed by atoms with Crippen molar-refractivity contribution in [2.45, 2.75) is 0 Å². The van der Waals surface area contributed by atoms with Gasteiger partial charge in [0, 0.05) is 44.4 Å². The standard InChI is InChI=1S/C48H28N4O/c1-2-11-30(12-3-1)46-50-47(31-24-23-29-25-26-35-36-13-4-6-20-42(36)49-28-41(35)40(29)27-31)52-48(51-46)38-19-9-15-32-33(16-8-17-34(32)38)37-18-10-22-44-45(37)39-14-5-7-21-43(39)53-44/h1-28H. The lowest BCUT2D eigenvalue weighted by molar-refractivity contribution is 0.669. The predicted octanol–water partition coefficient (Wildman–Crippen LogP) is 12.4. The number of para-hydroxylation sites is 2. The van der Waals surface area contributed by atoms with Crippen molar-refractivity contribution in [1.82, 2.24) is 19.9 Å². The van der Waals surface area contributed by atoms with Crippen molar-refractivity contribution in [2.24, 2.45) is 0 Å². The summed E-state index contributed by atoms with van der Waals surface area (Å²) in [6.45, 7) is 0. The predicted molar refractivity (Wildman–Crippen MR) is 217 cm³/mol. The minimum absolute atomic E-state index is 0.615. The second-order valence-corrected chi connectivity index (χ2v) is 13.4. The summed E-state index contributed by atoms with van der Waals surface area (Å²) < 4.78 is 6.27. The molecule has 3 heterocycles. The summed E-state index contributed by atoms with van der Waals surface area (Å²) in [5, 5.41) is 10.1. The first kappa shape index (κ1) is 29.5. The minimum Gasteiger partial charge on any atom is -0.456 e. The molecule has 246 valence electrons. The van der Waals surface area contributed by atoms with Gasteiger partial charge in [0.2, 0.25) is 0 Å². The molecule has 0 aliphatic heterocycles. The van der Waals surface area contributed by atoms with Crippen LogP contribution >= 0.6 is 0 Å². The normalized spacial score (nSPS) is 11.8. The van der Waals surface area contributed by atoms with Crippen LogP contribution in [0.3, 0.4) is 0 Å². The third-order valence-corrected chi connectivity index (χ3v) is 10.4. The lowest BCUT2D eigenvalue weighted by Gasteiger charge is -2.13. The molecule has 53 heavy (non-hydrogen) atoms. The van der Waals surface area contributed by atoms with E-state index in [9.17, 15) is 0 Å². The highest BCUT2D eigenvalue weighted by Gasteiger charge is 2.18. The number of hydrogen-bond acceptors (Lipinski definition) is 5. The van der Waals surface area contributed by atoms with Gasteiger partial charge in [-0.3, -0.25) is 4.98 Å². The molecule has 8 aromatic carbocycles. The van der Waals surface area contributed by atoms with Crippen LogP contribution in [0.15, 0.2) is 174 Å². The number of furan rings is 1. The Kier molecular flexibility index (Phi) is 6.48. The highest BCUT2D eigenvalue weighted by molar-refractivity contribution is 6.17. The van der Waals surface area contributed by atoms with E-state index in [1.54, 1.807) is 0 Å². The summed E-state index contributed by atoms with van der Waals surface area (Å²) in [5.41, 5.74) is 7.78. The third kappa shape index (κ3) is 4.71. The van der Waals surface area contributed by atoms with Gasteiger partial charge in [0.1, 0.15) is 11.2 Å². The molecule has 0 saturated heterocycles. The molecule has 0 N–H and O–H groups in total. The maximum absolute atomic E-state index is 6.27. The molecule has 0 radical (unpaired) electrons. The Labute approximate surface area is 303 Å². The number of rotatable bonds is 4. The molecular weight excluding hydrogens is 649 g/mol. The topological polar surface area (TPSA) is 64.7 Å². The second kappa shape index (κ2) is 11.7. The lowest BCUT2D eigenvalue weighted by Crippen LogP contribution is -2.00. The molecule has 0 aliphatic rings. The number of pyridine rings is 1. The Morgan fingerprint density at radius 3 is 1.89 bits per heavy atom. The van der Waals surface area contributed by atoms with Gasteiger partial charge in [-0.15, -0.1) is 0 Å². The Hall–Kier alpha value is -7.24. The van der Waals surface area contributed by atoms with Crippen LogP contribution in [0, 0.1) is 0 Å². The summed E-state index contributed by atoms with van der Waals surface area (Å²) >= 11 is 0. The third-order valence-electron chi connectivity index (χ3n) is 10.4. The van der Waals surface area contributed by atoms with Gasteiger partial charge >= 0.3 is 0 Å². The average Bonchev–Trinajstić information content (AvgIpc) is 3.62. The SMILES string of the molecule is c1ccc(-c2nc(-c3ccc4ccc5c6ccccc6ncc5c4c3)nc(-c3cccc4c(-c5cccc6oc7ccccc7c56)cccc34)n2)cc1. The van der Waals surface area contributed by atoms with Crippen molar-refractivity contribution in [3.8, 4) is 45.3 Å². The van der Waals surface area contributed by atoms with Crippen LogP contribution in [0.4, 0.5) is 0 Å². The van der Waals surface area contributed by atoms with E-state index in [0.29, 0.717) is 17.5 Å². The molecule has 0 unspecified atom stereocenters. The molecule has 11 aromatic rings. The van der Waals surface area contributed by atoms with Gasteiger partial charge in [0.15, 0.2) is 17.5 Å². The van der Waals surface area contributed by atoms with Crippen LogP contribution in [0.1, 0.15) is 0 Å². The molecule has 5 heteroatoms. The molecule has 0 saturated carbocycles. The zero-order valence-electron chi connectivity index (χ0n) is 28.4. The van der Waals surface area contributed by atoms with E-state index in [1.165, 1.54) is 5.39 Å². The first-order valence-corrected chi connectivity index (χ1v) is 17.7. The Bertz CT molecular complexity index is 3240. The van der Waals surface area contributed by atoms with E-state index in [-0.39, 0.29) is 0 Å². The van der Waals surface area contributed by atoms with Crippen molar-refractivity contribution >= 4 is 65.2 Å². The monoisotopic (exact) mass is 676 g/mol. The smallest absolute Gasteiger partial charge is 0.164 e. The van der Waals surface area contributed by atoms with Crippen molar-refractivity contribution < 1.29 is 4.42 Å². The molecule has 0 aliphatic carbocycles. The molecule has 11 rings (SSSR count). The van der Waals surface area contributed by atoms with E-state index >= 15 is 0 Å². The van der Waals surface area contributed by atoms with Crippen molar-refractivity contribution in [1.29, 1.82) is 0 Å². The van der Waals surface area contributed by atoms with E-state index in [2.05, 4.69) is 109 Å². The minimum atomic E-state index is 0.615. The fourth-order valence-electron chi connectivity index (χ4n) is 7.88. The van der Waals surface area contributed by atoms with Gasteiger partial charge < -0.3 is 4.42 Å². The molecule has 0 bridgehead atoms. The maximum Gasteiger partial charge on any atom is 0.164 e. The molecule has 0 spiro atoms. The maximum atomic E-state index is 6.27. The Morgan fingerprint density at radius 2 is 1.00 bits per heavy atom. The molecule has 0 atom stereocenters. The Balaban J connectivity index is 1.13. The van der Waals surface area contributed by atoms with Crippen LogP contribution in [-0.2, 0) is 0 Å². The number of nitrogens with zero attached hydrogens (tertiary/aromatic N) is 4. The highest BCUT2D eigenvalue weighted by atomic mass is 16.3. The zero-order valence-corrected chi connectivity index (χ0v) is 28.4. The summed E-state index contributed by atoms with van der Waals surface area (Å²) in [4.78, 5) is 20.3. The Morgan fingerprint density at radius 1 is 0.358 bits per heavy atom. The van der Waals surface area contributed by atoms with Crippen LogP contribution in [0.2, 0.25) is 0 Å². The molecule has 0 fully saturated rings. The number of benzene rings is 8. The first-order valence-electron chi connectivity index (χ1n) is 17.7. The van der Waals surface area contributed by atoms with E-state index in [0.717, 1.165) is 87.6 Å². The molecule has 3 aromatic heterocycles. The van der Waals surface area contributed by atoms with Crippen LogP contribution in [0.25, 0.3) is 110 Å². The average molecular weight is 677 g/mol. The fraction of sp³-hybridized carbons (Fsp3) is 0. The zero-order chi connectivity index (χ0) is 34.9. The number of hydrogen-bond donors (Lipinski definition) is 0. The van der Waals surface area contributed by atoms with Gasteiger partial charge in [-0.2, -0.15) is 0 Å². The van der Waals surface area contributed by atoms with E-state index < -0.39 is 0 Å². The molecular formula is C48H28N4O. The number of aromatic nitrogens is 4.